The second-order valence-electron chi connectivity index (χ2n) is 5.73. The first-order valence-corrected chi connectivity index (χ1v) is 7.49. The van der Waals surface area contributed by atoms with E-state index in [9.17, 15) is 35.9 Å². The molecule has 1 atom stereocenters. The minimum absolute atomic E-state index is 0.0592. The van der Waals surface area contributed by atoms with Crippen molar-refractivity contribution in [1.29, 1.82) is 0 Å². The van der Waals surface area contributed by atoms with Crippen LogP contribution in [0.5, 0.6) is 0 Å². The maximum Gasteiger partial charge on any atom is 0.454 e. The molecule has 3 rings (SSSR count). The Morgan fingerprint density at radius 3 is 2.32 bits per heavy atom. The minimum Gasteiger partial charge on any atom is -0.464 e. The summed E-state index contributed by atoms with van der Waals surface area (Å²) in [7, 11) is 0. The van der Waals surface area contributed by atoms with Crippen molar-refractivity contribution in [2.75, 3.05) is 0 Å². The van der Waals surface area contributed by atoms with Gasteiger partial charge in [-0.3, -0.25) is 9.59 Å². The summed E-state index contributed by atoms with van der Waals surface area (Å²) < 4.78 is 88.1. The molecule has 1 aromatic heterocycles. The summed E-state index contributed by atoms with van der Waals surface area (Å²) in [5, 5.41) is -0.0918. The fraction of sp³-hybridized carbons (Fsp3) is 0.176. The summed E-state index contributed by atoms with van der Waals surface area (Å²) in [5.41, 5.74) is 1.99. The highest BCUT2D eigenvalue weighted by molar-refractivity contribution is 6.02. The summed E-state index contributed by atoms with van der Waals surface area (Å²) in [5.74, 6) is -8.02. The lowest BCUT2D eigenvalue weighted by Gasteiger charge is -2.27. The highest BCUT2D eigenvalue weighted by Crippen LogP contribution is 2.42. The first-order valence-electron chi connectivity index (χ1n) is 7.49. The maximum absolute atomic E-state index is 13.3. The van der Waals surface area contributed by atoms with Crippen LogP contribution in [0.3, 0.4) is 0 Å². The second kappa shape index (κ2) is 6.43. The van der Waals surface area contributed by atoms with Crippen LogP contribution in [0, 0.1) is 0 Å². The van der Waals surface area contributed by atoms with Crippen LogP contribution in [-0.4, -0.2) is 18.1 Å². The Bertz CT molecular complexity index is 1080. The van der Waals surface area contributed by atoms with Gasteiger partial charge in [0.1, 0.15) is 5.58 Å². The van der Waals surface area contributed by atoms with Crippen LogP contribution >= 0.6 is 0 Å². The largest absolute Gasteiger partial charge is 0.464 e. The molecule has 5 nitrogen and oxygen atoms in total. The van der Waals surface area contributed by atoms with E-state index in [-0.39, 0.29) is 11.0 Å². The zero-order valence-corrected chi connectivity index (χ0v) is 13.5. The minimum atomic E-state index is -5.65. The summed E-state index contributed by atoms with van der Waals surface area (Å²) in [6.07, 6.45) is -9.80. The molecule has 0 saturated carbocycles. The Morgan fingerprint density at radius 2 is 1.71 bits per heavy atom. The van der Waals surface area contributed by atoms with E-state index in [4.69, 9.17) is 10.2 Å². The predicted octanol–water partition coefficient (Wildman–Crippen LogP) is 3.65. The number of hydrogen-bond donors (Lipinski definition) is 1. The van der Waals surface area contributed by atoms with Crippen LogP contribution < -0.4 is 11.2 Å². The van der Waals surface area contributed by atoms with Crippen LogP contribution in [0.25, 0.3) is 11.0 Å². The topological polar surface area (TPSA) is 82.5 Å². The number of ether oxygens (including phenoxy) is 1. The van der Waals surface area contributed by atoms with Gasteiger partial charge < -0.3 is 14.9 Å². The van der Waals surface area contributed by atoms with Gasteiger partial charge in [0, 0.05) is 11.5 Å². The third-order valence-corrected chi connectivity index (χ3v) is 3.91. The van der Waals surface area contributed by atoms with E-state index in [0.29, 0.717) is 12.3 Å². The number of fused-ring (bicyclic) bond motifs is 1. The monoisotopic (exact) mass is 405 g/mol. The molecule has 1 unspecified atom stereocenters. The lowest BCUT2D eigenvalue weighted by atomic mass is 9.86. The summed E-state index contributed by atoms with van der Waals surface area (Å²) in [4.78, 5) is 24.4. The Balaban J connectivity index is 2.32. The normalized spacial score (nSPS) is 18.1. The molecule has 28 heavy (non-hydrogen) atoms. The Morgan fingerprint density at radius 1 is 1.07 bits per heavy atom. The van der Waals surface area contributed by atoms with E-state index in [2.05, 4.69) is 4.74 Å². The summed E-state index contributed by atoms with van der Waals surface area (Å²) >= 11 is 0. The average molecular weight is 405 g/mol. The van der Waals surface area contributed by atoms with E-state index >= 15 is 0 Å². The molecule has 2 aromatic rings. The maximum atomic E-state index is 13.3. The van der Waals surface area contributed by atoms with Crippen molar-refractivity contribution in [2.45, 2.75) is 18.3 Å². The van der Waals surface area contributed by atoms with Crippen LogP contribution in [0.2, 0.25) is 0 Å². The molecular weight excluding hydrogens is 396 g/mol. The van der Waals surface area contributed by atoms with Gasteiger partial charge in [-0.1, -0.05) is 12.1 Å². The number of benzene rings is 1. The molecule has 0 amide bonds. The number of para-hydroxylation sites is 1. The van der Waals surface area contributed by atoms with Crippen LogP contribution in [0.15, 0.2) is 63.0 Å². The number of rotatable bonds is 2. The molecule has 2 N–H and O–H groups in total. The molecule has 1 aliphatic heterocycles. The van der Waals surface area contributed by atoms with Gasteiger partial charge in [-0.25, -0.2) is 0 Å². The van der Waals surface area contributed by atoms with Crippen molar-refractivity contribution in [3.8, 4) is 0 Å². The molecule has 0 radical (unpaired) electrons. The molecule has 0 spiro atoms. The Hall–Kier alpha value is -3.24. The zero-order valence-electron chi connectivity index (χ0n) is 13.5. The van der Waals surface area contributed by atoms with E-state index < -0.39 is 52.3 Å². The molecule has 0 aliphatic carbocycles. The van der Waals surface area contributed by atoms with Gasteiger partial charge in [0.15, 0.2) is 11.3 Å². The lowest BCUT2D eigenvalue weighted by molar-refractivity contribution is -0.169. The molecule has 0 saturated heterocycles. The third-order valence-electron chi connectivity index (χ3n) is 3.91. The molecule has 0 bridgehead atoms. The van der Waals surface area contributed by atoms with Crippen molar-refractivity contribution < 1.29 is 40.3 Å². The predicted molar refractivity (Wildman–Crippen MR) is 82.7 cm³/mol. The van der Waals surface area contributed by atoms with Crippen LogP contribution in [0.1, 0.15) is 11.5 Å². The number of alkyl halides is 6. The van der Waals surface area contributed by atoms with E-state index in [1.807, 2.05) is 0 Å². The molecule has 148 valence electrons. The summed E-state index contributed by atoms with van der Waals surface area (Å²) in [6.45, 7) is 0. The molecule has 11 heteroatoms. The van der Waals surface area contributed by atoms with E-state index in [0.717, 1.165) is 0 Å². The van der Waals surface area contributed by atoms with Crippen LogP contribution in [0.4, 0.5) is 26.3 Å². The number of halogens is 6. The van der Waals surface area contributed by atoms with Gasteiger partial charge >= 0.3 is 12.4 Å². The van der Waals surface area contributed by atoms with Gasteiger partial charge in [-0.05, 0) is 18.2 Å². The van der Waals surface area contributed by atoms with Crippen molar-refractivity contribution in [2.24, 2.45) is 5.73 Å². The van der Waals surface area contributed by atoms with Crippen molar-refractivity contribution >= 4 is 16.8 Å². The second-order valence-corrected chi connectivity index (χ2v) is 5.73. The molecular formula is C17H9F6NO4. The number of nitrogens with two attached hydrogens (primary N) is 1. The fourth-order valence-electron chi connectivity index (χ4n) is 2.76. The number of ketones is 1. The highest BCUT2D eigenvalue weighted by atomic mass is 19.4. The first-order chi connectivity index (χ1) is 12.9. The first kappa shape index (κ1) is 19.5. The van der Waals surface area contributed by atoms with Crippen molar-refractivity contribution in [1.82, 2.24) is 0 Å². The van der Waals surface area contributed by atoms with Crippen molar-refractivity contribution in [3.05, 3.63) is 69.6 Å². The molecule has 1 aromatic carbocycles. The summed E-state index contributed by atoms with van der Waals surface area (Å²) in [6, 6.07) is 5.59. The third kappa shape index (κ3) is 3.35. The molecule has 1 aliphatic rings. The van der Waals surface area contributed by atoms with Gasteiger partial charge in [-0.2, -0.15) is 26.3 Å². The van der Waals surface area contributed by atoms with Gasteiger partial charge in [0.2, 0.25) is 5.76 Å². The van der Waals surface area contributed by atoms with Gasteiger partial charge in [0.05, 0.1) is 17.2 Å². The zero-order chi connectivity index (χ0) is 20.9. The fourth-order valence-corrected chi connectivity index (χ4v) is 2.76. The highest BCUT2D eigenvalue weighted by Gasteiger charge is 2.52. The van der Waals surface area contributed by atoms with E-state index in [1.54, 1.807) is 0 Å². The van der Waals surface area contributed by atoms with Crippen molar-refractivity contribution in [3.63, 3.8) is 0 Å². The smallest absolute Gasteiger partial charge is 0.454 e. The number of carbonyl (C=O) groups excluding carboxylic acids is 1. The lowest BCUT2D eigenvalue weighted by Crippen LogP contribution is -2.35. The quantitative estimate of drug-likeness (QED) is 0.772. The van der Waals surface area contributed by atoms with Gasteiger partial charge in [-0.15, -0.1) is 0 Å². The van der Waals surface area contributed by atoms with Gasteiger partial charge in [0.25, 0.3) is 5.78 Å². The standard InChI is InChI=1S/C17H9F6NO4/c18-16(19,20)14(26)12-8(5-11(24)28-15(12)17(21,22)23)9-6-27-10-4-2-1-3-7(10)13(9)25/h1-6,8H,24H2. The Labute approximate surface area is 151 Å². The molecule has 0 fully saturated rings. The number of Topliss-reactive ketones (excluding diaryl/α,β-unsaturated/α-hetero) is 1. The number of hydrogen-bond acceptors (Lipinski definition) is 5. The number of carbonyl (C=O) groups is 1. The molecule has 2 heterocycles. The Kier molecular flexibility index (Phi) is 4.48. The number of allylic oxidation sites excluding steroid dienone is 3. The average Bonchev–Trinajstić information content (AvgIpc) is 2.59. The van der Waals surface area contributed by atoms with Crippen LogP contribution in [-0.2, 0) is 9.53 Å². The SMILES string of the molecule is NC1=CC(c2coc3ccccc3c2=O)C(C(=O)C(F)(F)F)=C(C(F)(F)F)O1. The van der Waals surface area contributed by atoms with E-state index in [1.165, 1.54) is 24.3 Å².